The summed E-state index contributed by atoms with van der Waals surface area (Å²) in [5.41, 5.74) is 1.77. The smallest absolute Gasteiger partial charge is 0.354 e. The molecule has 1 atom stereocenters. The number of likely N-dealkylation sites (tertiary alicyclic amines) is 1. The third-order valence-corrected chi connectivity index (χ3v) is 6.29. The zero-order valence-electron chi connectivity index (χ0n) is 18.1. The van der Waals surface area contributed by atoms with E-state index in [4.69, 9.17) is 0 Å². The van der Waals surface area contributed by atoms with Crippen LogP contribution >= 0.6 is 0 Å². The molecular weight excluding hydrogens is 435 g/mol. The van der Waals surface area contributed by atoms with Gasteiger partial charge in [0.25, 0.3) is 0 Å². The maximum absolute atomic E-state index is 12.7. The van der Waals surface area contributed by atoms with Crippen molar-refractivity contribution in [2.45, 2.75) is 37.8 Å². The van der Waals surface area contributed by atoms with E-state index in [1.807, 2.05) is 41.3 Å². The van der Waals surface area contributed by atoms with E-state index < -0.39 is 18.5 Å². The number of nitrogens with zero attached hydrogens (tertiary/aromatic N) is 4. The van der Waals surface area contributed by atoms with Crippen LogP contribution in [-0.2, 0) is 9.59 Å². The number of hydrogen-bond donors (Lipinski definition) is 1. The summed E-state index contributed by atoms with van der Waals surface area (Å²) >= 11 is 0. The Labute approximate surface area is 190 Å². The maximum Gasteiger partial charge on any atom is 0.397 e. The number of rotatable bonds is 5. The van der Waals surface area contributed by atoms with Crippen molar-refractivity contribution in [2.24, 2.45) is 5.92 Å². The molecule has 0 bridgehead atoms. The van der Waals surface area contributed by atoms with Gasteiger partial charge in [-0.3, -0.25) is 9.59 Å². The van der Waals surface area contributed by atoms with E-state index in [1.165, 1.54) is 4.90 Å². The Balaban J connectivity index is 1.26. The summed E-state index contributed by atoms with van der Waals surface area (Å²) in [6, 6.07) is 11.3. The number of aromatic nitrogens is 2. The Morgan fingerprint density at radius 2 is 1.76 bits per heavy atom. The van der Waals surface area contributed by atoms with Gasteiger partial charge in [-0.2, -0.15) is 18.3 Å². The van der Waals surface area contributed by atoms with Crippen LogP contribution in [0.1, 0.15) is 37.2 Å². The molecule has 4 rings (SSSR count). The highest BCUT2D eigenvalue weighted by Crippen LogP contribution is 2.30. The second-order valence-electron chi connectivity index (χ2n) is 8.57. The number of alkyl halides is 3. The monoisotopic (exact) mass is 461 g/mol. The van der Waals surface area contributed by atoms with Crippen molar-refractivity contribution in [1.82, 2.24) is 15.1 Å². The van der Waals surface area contributed by atoms with Crippen LogP contribution in [0.25, 0.3) is 0 Å². The molecule has 3 heterocycles. The molecule has 0 saturated carbocycles. The Morgan fingerprint density at radius 1 is 1.03 bits per heavy atom. The molecule has 2 aliphatic rings. The SMILES string of the molecule is O=C(Nc1ccc(C2CCN(C(=O)CC(F)(F)F)CC2)cc1)[C@H]1CCN(c2cccnn2)C1. The second kappa shape index (κ2) is 9.76. The van der Waals surface area contributed by atoms with E-state index in [-0.39, 0.29) is 17.7 Å². The van der Waals surface area contributed by atoms with Gasteiger partial charge < -0.3 is 15.1 Å². The van der Waals surface area contributed by atoms with Gasteiger partial charge in [0.1, 0.15) is 6.42 Å². The van der Waals surface area contributed by atoms with Gasteiger partial charge in [0.05, 0.1) is 5.92 Å². The minimum Gasteiger partial charge on any atom is -0.354 e. The summed E-state index contributed by atoms with van der Waals surface area (Å²) in [5, 5.41) is 10.9. The first-order valence-electron chi connectivity index (χ1n) is 11.1. The Kier molecular flexibility index (Phi) is 6.80. The van der Waals surface area contributed by atoms with Gasteiger partial charge in [-0.05, 0) is 55.0 Å². The molecule has 2 aromatic rings. The van der Waals surface area contributed by atoms with Gasteiger partial charge in [0.2, 0.25) is 11.8 Å². The van der Waals surface area contributed by atoms with E-state index in [1.54, 1.807) is 6.20 Å². The lowest BCUT2D eigenvalue weighted by Gasteiger charge is -2.32. The largest absolute Gasteiger partial charge is 0.397 e. The first-order valence-corrected chi connectivity index (χ1v) is 11.1. The fraction of sp³-hybridized carbons (Fsp3) is 0.478. The van der Waals surface area contributed by atoms with E-state index in [0.29, 0.717) is 38.2 Å². The van der Waals surface area contributed by atoms with Crippen LogP contribution in [0.4, 0.5) is 24.7 Å². The average molecular weight is 461 g/mol. The topological polar surface area (TPSA) is 78.4 Å². The first-order chi connectivity index (χ1) is 15.8. The quantitative estimate of drug-likeness (QED) is 0.736. The van der Waals surface area contributed by atoms with Crippen molar-refractivity contribution in [1.29, 1.82) is 0 Å². The van der Waals surface area contributed by atoms with Gasteiger partial charge in [-0.1, -0.05) is 12.1 Å². The molecule has 0 spiro atoms. The maximum atomic E-state index is 12.7. The van der Waals surface area contributed by atoms with E-state index in [9.17, 15) is 22.8 Å². The van der Waals surface area contributed by atoms with Crippen molar-refractivity contribution in [2.75, 3.05) is 36.4 Å². The fourth-order valence-corrected chi connectivity index (χ4v) is 4.47. The zero-order valence-corrected chi connectivity index (χ0v) is 18.1. The average Bonchev–Trinajstić information content (AvgIpc) is 3.30. The summed E-state index contributed by atoms with van der Waals surface area (Å²) in [5.74, 6) is -0.0805. The predicted octanol–water partition coefficient (Wildman–Crippen LogP) is 3.60. The van der Waals surface area contributed by atoms with Crippen LogP contribution in [0, 0.1) is 5.92 Å². The number of benzene rings is 1. The van der Waals surface area contributed by atoms with Crippen LogP contribution < -0.4 is 10.2 Å². The molecular formula is C23H26F3N5O2. The van der Waals surface area contributed by atoms with Gasteiger partial charge >= 0.3 is 6.18 Å². The number of carbonyl (C=O) groups is 2. The molecule has 2 saturated heterocycles. The van der Waals surface area contributed by atoms with Crippen LogP contribution in [0.3, 0.4) is 0 Å². The highest BCUT2D eigenvalue weighted by molar-refractivity contribution is 5.93. The lowest BCUT2D eigenvalue weighted by atomic mass is 9.89. The Hall–Kier alpha value is -3.17. The third kappa shape index (κ3) is 6.00. The van der Waals surface area contributed by atoms with Crippen molar-refractivity contribution < 1.29 is 22.8 Å². The fourth-order valence-electron chi connectivity index (χ4n) is 4.47. The molecule has 0 radical (unpaired) electrons. The highest BCUT2D eigenvalue weighted by Gasteiger charge is 2.35. The lowest BCUT2D eigenvalue weighted by molar-refractivity contribution is -0.162. The number of amides is 2. The van der Waals surface area contributed by atoms with E-state index in [0.717, 1.165) is 24.3 Å². The predicted molar refractivity (Wildman–Crippen MR) is 117 cm³/mol. The van der Waals surface area contributed by atoms with Crippen LogP contribution in [0.2, 0.25) is 0 Å². The standard InChI is InChI=1S/C23H26F3N5O2/c24-23(25,26)14-21(32)30-11-7-17(8-12-30)16-3-5-19(6-4-16)28-22(33)18-9-13-31(15-18)20-2-1-10-27-29-20/h1-6,10,17-18H,7-9,11-15H2,(H,28,33)/t18-/m0/s1. The number of hydrogen-bond acceptors (Lipinski definition) is 5. The molecule has 1 N–H and O–H groups in total. The molecule has 33 heavy (non-hydrogen) atoms. The second-order valence-corrected chi connectivity index (χ2v) is 8.57. The number of nitrogens with one attached hydrogen (secondary N) is 1. The normalized spacial score (nSPS) is 19.5. The first kappa shape index (κ1) is 23.0. The summed E-state index contributed by atoms with van der Waals surface area (Å²) in [6.07, 6.45) is -2.27. The van der Waals surface area contributed by atoms with Crippen LogP contribution in [0.15, 0.2) is 42.6 Å². The highest BCUT2D eigenvalue weighted by atomic mass is 19.4. The number of anilines is 2. The minimum atomic E-state index is -4.47. The zero-order chi connectivity index (χ0) is 23.4. The summed E-state index contributed by atoms with van der Waals surface area (Å²) in [6.45, 7) is 1.98. The van der Waals surface area contributed by atoms with Gasteiger partial charge in [-0.15, -0.1) is 5.10 Å². The molecule has 10 heteroatoms. The number of piperidine rings is 1. The molecule has 2 fully saturated rings. The van der Waals surface area contributed by atoms with Gasteiger partial charge in [0, 0.05) is 38.1 Å². The van der Waals surface area contributed by atoms with Crippen molar-refractivity contribution in [3.05, 3.63) is 48.2 Å². The molecule has 176 valence electrons. The molecule has 7 nitrogen and oxygen atoms in total. The molecule has 2 amide bonds. The van der Waals surface area contributed by atoms with E-state index >= 15 is 0 Å². The summed E-state index contributed by atoms with van der Waals surface area (Å²) in [7, 11) is 0. The third-order valence-electron chi connectivity index (χ3n) is 6.29. The molecule has 0 unspecified atom stereocenters. The minimum absolute atomic E-state index is 0.0365. The lowest BCUT2D eigenvalue weighted by Crippen LogP contribution is -2.39. The van der Waals surface area contributed by atoms with Crippen molar-refractivity contribution in [3.63, 3.8) is 0 Å². The number of carbonyl (C=O) groups excluding carboxylic acids is 2. The molecule has 1 aromatic heterocycles. The van der Waals surface area contributed by atoms with Gasteiger partial charge in [-0.25, -0.2) is 0 Å². The van der Waals surface area contributed by atoms with Crippen LogP contribution in [-0.4, -0.2) is 59.3 Å². The van der Waals surface area contributed by atoms with Crippen molar-refractivity contribution >= 4 is 23.3 Å². The van der Waals surface area contributed by atoms with Crippen LogP contribution in [0.5, 0.6) is 0 Å². The number of halogens is 3. The van der Waals surface area contributed by atoms with E-state index in [2.05, 4.69) is 15.5 Å². The molecule has 2 aliphatic heterocycles. The summed E-state index contributed by atoms with van der Waals surface area (Å²) < 4.78 is 37.3. The Morgan fingerprint density at radius 3 is 2.39 bits per heavy atom. The van der Waals surface area contributed by atoms with Crippen molar-refractivity contribution in [3.8, 4) is 0 Å². The molecule has 1 aromatic carbocycles. The van der Waals surface area contributed by atoms with Gasteiger partial charge in [0.15, 0.2) is 5.82 Å². The summed E-state index contributed by atoms with van der Waals surface area (Å²) in [4.78, 5) is 27.8. The Bertz CT molecular complexity index is 960. The molecule has 0 aliphatic carbocycles.